The summed E-state index contributed by atoms with van der Waals surface area (Å²) in [5.41, 5.74) is 1.06. The van der Waals surface area contributed by atoms with Crippen LogP contribution in [0.15, 0.2) is 60.7 Å². The molecule has 3 aromatic carbocycles. The Hall–Kier alpha value is -2.64. The summed E-state index contributed by atoms with van der Waals surface area (Å²) in [5.74, 6) is -1.11. The van der Waals surface area contributed by atoms with E-state index in [-0.39, 0.29) is 23.7 Å². The van der Waals surface area contributed by atoms with Gasteiger partial charge in [0.15, 0.2) is 0 Å². The fourth-order valence-corrected chi connectivity index (χ4v) is 4.81. The Morgan fingerprint density at radius 3 is 2.50 bits per heavy atom. The average Bonchev–Trinajstić information content (AvgIpc) is 2.71. The van der Waals surface area contributed by atoms with Crippen molar-refractivity contribution in [3.8, 4) is 0 Å². The van der Waals surface area contributed by atoms with E-state index in [4.69, 9.17) is 11.6 Å². The Morgan fingerprint density at radius 1 is 1.13 bits per heavy atom. The molecule has 0 bridgehead atoms. The van der Waals surface area contributed by atoms with Gasteiger partial charge in [-0.05, 0) is 41.0 Å². The van der Waals surface area contributed by atoms with Gasteiger partial charge in [0.05, 0.1) is 17.0 Å². The van der Waals surface area contributed by atoms with Crippen molar-refractivity contribution in [3.05, 3.63) is 77.1 Å². The van der Waals surface area contributed by atoms with E-state index < -0.39 is 27.8 Å². The van der Waals surface area contributed by atoms with E-state index in [0.29, 0.717) is 0 Å². The molecular formula is C22H22ClFN2O3S. The molecule has 1 atom stereocenters. The van der Waals surface area contributed by atoms with Crippen molar-refractivity contribution >= 4 is 44.0 Å². The van der Waals surface area contributed by atoms with Crippen molar-refractivity contribution in [2.24, 2.45) is 0 Å². The predicted octanol–water partition coefficient (Wildman–Crippen LogP) is 4.49. The lowest BCUT2D eigenvalue weighted by molar-refractivity contribution is -0.122. The molecule has 0 aromatic heterocycles. The summed E-state index contributed by atoms with van der Waals surface area (Å²) in [6, 6.07) is 16.2. The molecule has 5 nitrogen and oxygen atoms in total. The molecule has 3 aromatic rings. The molecule has 0 unspecified atom stereocenters. The first-order valence-corrected chi connectivity index (χ1v) is 11.6. The van der Waals surface area contributed by atoms with Crippen LogP contribution in [-0.2, 0) is 21.4 Å². The third kappa shape index (κ3) is 4.74. The van der Waals surface area contributed by atoms with Crippen molar-refractivity contribution < 1.29 is 17.6 Å². The van der Waals surface area contributed by atoms with E-state index in [2.05, 4.69) is 5.32 Å². The van der Waals surface area contributed by atoms with Gasteiger partial charge in [0.25, 0.3) is 0 Å². The minimum atomic E-state index is -3.83. The molecule has 1 N–H and O–H groups in total. The second kappa shape index (κ2) is 9.02. The Labute approximate surface area is 180 Å². The van der Waals surface area contributed by atoms with E-state index in [1.165, 1.54) is 12.1 Å². The zero-order valence-corrected chi connectivity index (χ0v) is 18.2. The molecule has 158 valence electrons. The van der Waals surface area contributed by atoms with Crippen molar-refractivity contribution in [2.75, 3.05) is 10.6 Å². The van der Waals surface area contributed by atoms with Gasteiger partial charge in [-0.3, -0.25) is 9.10 Å². The SMILES string of the molecule is CC[C@@H](C(=O)NCc1cccc2ccccc12)N(c1ccc(F)c(Cl)c1)S(C)(=O)=O. The topological polar surface area (TPSA) is 66.5 Å². The van der Waals surface area contributed by atoms with Crippen LogP contribution in [-0.4, -0.2) is 26.6 Å². The number of hydrogen-bond donors (Lipinski definition) is 1. The molecule has 8 heteroatoms. The Balaban J connectivity index is 1.88. The fourth-order valence-electron chi connectivity index (χ4n) is 3.43. The second-order valence-corrected chi connectivity index (χ2v) is 9.20. The Kier molecular flexibility index (Phi) is 6.63. The monoisotopic (exact) mass is 448 g/mol. The summed E-state index contributed by atoms with van der Waals surface area (Å²) in [4.78, 5) is 13.0. The summed E-state index contributed by atoms with van der Waals surface area (Å²) in [6.45, 7) is 1.96. The van der Waals surface area contributed by atoms with Crippen LogP contribution in [0.5, 0.6) is 0 Å². The molecule has 0 radical (unpaired) electrons. The van der Waals surface area contributed by atoms with Crippen molar-refractivity contribution in [1.82, 2.24) is 5.32 Å². The van der Waals surface area contributed by atoms with Gasteiger partial charge in [-0.1, -0.05) is 61.0 Å². The lowest BCUT2D eigenvalue weighted by Gasteiger charge is -2.30. The number of benzene rings is 3. The number of nitrogens with one attached hydrogen (secondary N) is 1. The highest BCUT2D eigenvalue weighted by Gasteiger charge is 2.31. The summed E-state index contributed by atoms with van der Waals surface area (Å²) in [7, 11) is -3.83. The highest BCUT2D eigenvalue weighted by atomic mass is 35.5. The molecule has 1 amide bonds. The van der Waals surface area contributed by atoms with Gasteiger partial charge in [-0.25, -0.2) is 12.8 Å². The smallest absolute Gasteiger partial charge is 0.244 e. The molecule has 0 spiro atoms. The van der Waals surface area contributed by atoms with Crippen LogP contribution in [0, 0.1) is 5.82 Å². The van der Waals surface area contributed by atoms with E-state index in [1.807, 2.05) is 42.5 Å². The van der Waals surface area contributed by atoms with E-state index in [9.17, 15) is 17.6 Å². The fraction of sp³-hybridized carbons (Fsp3) is 0.227. The van der Waals surface area contributed by atoms with E-state index in [1.54, 1.807) is 6.92 Å². The van der Waals surface area contributed by atoms with Crippen LogP contribution in [0.1, 0.15) is 18.9 Å². The highest BCUT2D eigenvalue weighted by Crippen LogP contribution is 2.27. The number of anilines is 1. The Bertz CT molecular complexity index is 1180. The minimum Gasteiger partial charge on any atom is -0.350 e. The van der Waals surface area contributed by atoms with Gasteiger partial charge in [0.1, 0.15) is 11.9 Å². The van der Waals surface area contributed by atoms with Crippen LogP contribution in [0.25, 0.3) is 10.8 Å². The van der Waals surface area contributed by atoms with Crippen molar-refractivity contribution in [2.45, 2.75) is 25.9 Å². The third-order valence-corrected chi connectivity index (χ3v) is 6.29. The number of nitrogens with zero attached hydrogens (tertiary/aromatic N) is 1. The van der Waals surface area contributed by atoms with Gasteiger partial charge < -0.3 is 5.32 Å². The van der Waals surface area contributed by atoms with Crippen molar-refractivity contribution in [3.63, 3.8) is 0 Å². The number of sulfonamides is 1. The van der Waals surface area contributed by atoms with Gasteiger partial charge in [0, 0.05) is 6.54 Å². The molecule has 0 aliphatic carbocycles. The first-order valence-electron chi connectivity index (χ1n) is 9.41. The summed E-state index contributed by atoms with van der Waals surface area (Å²) < 4.78 is 39.5. The zero-order chi connectivity index (χ0) is 21.9. The number of carbonyl (C=O) groups excluding carboxylic acids is 1. The number of fused-ring (bicyclic) bond motifs is 1. The maximum absolute atomic E-state index is 13.6. The number of hydrogen-bond acceptors (Lipinski definition) is 3. The van der Waals surface area contributed by atoms with E-state index in [0.717, 1.165) is 33.0 Å². The lowest BCUT2D eigenvalue weighted by atomic mass is 10.0. The first-order chi connectivity index (χ1) is 14.2. The molecule has 0 saturated carbocycles. The molecule has 0 fully saturated rings. The van der Waals surface area contributed by atoms with Crippen LogP contribution >= 0.6 is 11.6 Å². The standard InChI is InChI=1S/C22H22ClFN2O3S/c1-3-21(26(30(2,28)29)17-11-12-20(24)19(23)13-17)22(27)25-14-16-9-6-8-15-7-4-5-10-18(15)16/h4-13,21H,3,14H2,1-2H3,(H,25,27)/t21-/m0/s1. The molecule has 30 heavy (non-hydrogen) atoms. The number of amides is 1. The molecule has 0 saturated heterocycles. The van der Waals surface area contributed by atoms with Crippen LogP contribution < -0.4 is 9.62 Å². The second-order valence-electron chi connectivity index (χ2n) is 6.94. The van der Waals surface area contributed by atoms with Gasteiger partial charge in [-0.2, -0.15) is 0 Å². The number of carbonyl (C=O) groups is 1. The van der Waals surface area contributed by atoms with E-state index >= 15 is 0 Å². The molecular weight excluding hydrogens is 427 g/mol. The van der Waals surface area contributed by atoms with Gasteiger partial charge in [0.2, 0.25) is 15.9 Å². The summed E-state index contributed by atoms with van der Waals surface area (Å²) in [6.07, 6.45) is 1.23. The molecule has 3 rings (SSSR count). The number of halogens is 2. The summed E-state index contributed by atoms with van der Waals surface area (Å²) >= 11 is 5.84. The molecule has 0 aliphatic rings. The normalized spacial score (nSPS) is 12.5. The van der Waals surface area contributed by atoms with Gasteiger partial charge >= 0.3 is 0 Å². The largest absolute Gasteiger partial charge is 0.350 e. The van der Waals surface area contributed by atoms with Crippen LogP contribution in [0.4, 0.5) is 10.1 Å². The quantitative estimate of drug-likeness (QED) is 0.579. The third-order valence-electron chi connectivity index (χ3n) is 4.82. The maximum atomic E-state index is 13.6. The first kappa shape index (κ1) is 22.1. The zero-order valence-electron chi connectivity index (χ0n) is 16.6. The lowest BCUT2D eigenvalue weighted by Crippen LogP contribution is -2.49. The Morgan fingerprint density at radius 2 is 1.83 bits per heavy atom. The van der Waals surface area contributed by atoms with Crippen LogP contribution in [0.3, 0.4) is 0 Å². The highest BCUT2D eigenvalue weighted by molar-refractivity contribution is 7.92. The summed E-state index contributed by atoms with van der Waals surface area (Å²) in [5, 5.41) is 4.69. The minimum absolute atomic E-state index is 0.135. The predicted molar refractivity (Wildman–Crippen MR) is 119 cm³/mol. The number of rotatable bonds is 7. The van der Waals surface area contributed by atoms with Crippen molar-refractivity contribution in [1.29, 1.82) is 0 Å². The molecule has 0 heterocycles. The molecule has 0 aliphatic heterocycles. The average molecular weight is 449 g/mol. The van der Waals surface area contributed by atoms with Gasteiger partial charge in [-0.15, -0.1) is 0 Å². The van der Waals surface area contributed by atoms with Crippen LogP contribution in [0.2, 0.25) is 5.02 Å². The maximum Gasteiger partial charge on any atom is 0.244 e.